The van der Waals surface area contributed by atoms with Gasteiger partial charge in [0.25, 0.3) is 0 Å². The average molecular weight is 447 g/mol. The molecule has 2 N–H and O–H groups in total. The summed E-state index contributed by atoms with van der Waals surface area (Å²) in [5.41, 5.74) is 1.98. The van der Waals surface area contributed by atoms with E-state index in [4.69, 9.17) is 0 Å². The van der Waals surface area contributed by atoms with E-state index in [2.05, 4.69) is 31.1 Å². The normalized spacial score (nSPS) is 21.6. The number of urea groups is 1. The molecule has 1 unspecified atom stereocenters. The Labute approximate surface area is 194 Å². The minimum atomic E-state index is -1.05. The largest absolute Gasteiger partial charge is 0.334 e. The molecule has 0 saturated carbocycles. The van der Waals surface area contributed by atoms with Crippen molar-refractivity contribution in [1.29, 1.82) is 0 Å². The molecule has 1 fully saturated rings. The van der Waals surface area contributed by atoms with E-state index in [0.29, 0.717) is 18.8 Å². The summed E-state index contributed by atoms with van der Waals surface area (Å²) in [7, 11) is 1.75. The maximum atomic E-state index is 13.9. The summed E-state index contributed by atoms with van der Waals surface area (Å²) in [6.45, 7) is 8.65. The van der Waals surface area contributed by atoms with Crippen LogP contribution < -0.4 is 15.5 Å². The van der Waals surface area contributed by atoms with Gasteiger partial charge in [0.2, 0.25) is 11.8 Å². The number of likely N-dealkylation sites (N-methyl/N-ethyl adjacent to an activating group) is 1. The highest BCUT2D eigenvalue weighted by molar-refractivity contribution is 6.12. The number of benzene rings is 2. The van der Waals surface area contributed by atoms with Crippen LogP contribution in [-0.4, -0.2) is 42.9 Å². The molecule has 0 radical (unpaired) electrons. The molecule has 1 saturated heterocycles. The summed E-state index contributed by atoms with van der Waals surface area (Å²) in [4.78, 5) is 42.9. The number of likely N-dealkylation sites (tertiary alicyclic amines) is 1. The molecular weight excluding hydrogens is 416 g/mol. The maximum Gasteiger partial charge on any atom is 0.319 e. The van der Waals surface area contributed by atoms with E-state index in [-0.39, 0.29) is 30.2 Å². The van der Waals surface area contributed by atoms with Crippen LogP contribution in [0.15, 0.2) is 61.2 Å². The second kappa shape index (κ2) is 8.73. The quantitative estimate of drug-likeness (QED) is 0.662. The van der Waals surface area contributed by atoms with Crippen molar-refractivity contribution in [2.24, 2.45) is 5.92 Å². The molecule has 2 aromatic carbocycles. The van der Waals surface area contributed by atoms with Crippen molar-refractivity contribution in [2.75, 3.05) is 30.4 Å². The van der Waals surface area contributed by atoms with Gasteiger partial charge in [-0.2, -0.15) is 0 Å². The van der Waals surface area contributed by atoms with Gasteiger partial charge in [0.15, 0.2) is 0 Å². The predicted molar refractivity (Wildman–Crippen MR) is 129 cm³/mol. The molecule has 172 valence electrons. The van der Waals surface area contributed by atoms with Crippen molar-refractivity contribution in [3.8, 4) is 0 Å². The first-order chi connectivity index (χ1) is 15.8. The number of anilines is 2. The van der Waals surface area contributed by atoms with Crippen molar-refractivity contribution < 1.29 is 14.4 Å². The summed E-state index contributed by atoms with van der Waals surface area (Å²) < 4.78 is 0. The van der Waals surface area contributed by atoms with E-state index < -0.39 is 11.5 Å². The van der Waals surface area contributed by atoms with Crippen LogP contribution in [0.5, 0.6) is 0 Å². The van der Waals surface area contributed by atoms with Crippen LogP contribution in [0.4, 0.5) is 16.2 Å². The topological polar surface area (TPSA) is 81.8 Å². The second-order valence-corrected chi connectivity index (χ2v) is 9.12. The molecule has 0 aliphatic carbocycles. The fourth-order valence-electron chi connectivity index (χ4n) is 5.11. The van der Waals surface area contributed by atoms with E-state index in [9.17, 15) is 14.4 Å². The fraction of sp³-hybridized carbons (Fsp3) is 0.346. The lowest BCUT2D eigenvalue weighted by molar-refractivity contribution is -0.129. The molecule has 7 nitrogen and oxygen atoms in total. The third-order valence-corrected chi connectivity index (χ3v) is 6.40. The van der Waals surface area contributed by atoms with Crippen LogP contribution >= 0.6 is 0 Å². The number of fused-ring (bicyclic) bond motifs is 2. The predicted octanol–water partition coefficient (Wildman–Crippen LogP) is 3.84. The Bertz CT molecular complexity index is 1100. The molecule has 7 heteroatoms. The molecule has 2 aliphatic heterocycles. The van der Waals surface area contributed by atoms with E-state index in [1.807, 2.05) is 47.4 Å². The van der Waals surface area contributed by atoms with Crippen LogP contribution in [0.2, 0.25) is 0 Å². The third-order valence-electron chi connectivity index (χ3n) is 6.40. The summed E-state index contributed by atoms with van der Waals surface area (Å²) in [5, 5.41) is 5.52. The van der Waals surface area contributed by atoms with E-state index in [1.165, 1.54) is 0 Å². The lowest BCUT2D eigenvalue weighted by atomic mass is 9.72. The number of nitrogens with zero attached hydrogens (tertiary/aromatic N) is 2. The Morgan fingerprint density at radius 2 is 1.94 bits per heavy atom. The van der Waals surface area contributed by atoms with Gasteiger partial charge in [-0.25, -0.2) is 4.79 Å². The highest BCUT2D eigenvalue weighted by Crippen LogP contribution is 2.57. The Balaban J connectivity index is 1.84. The maximum absolute atomic E-state index is 13.9. The summed E-state index contributed by atoms with van der Waals surface area (Å²) in [6.07, 6.45) is 1.70. The van der Waals surface area contributed by atoms with Crippen LogP contribution in [-0.2, 0) is 15.0 Å². The van der Waals surface area contributed by atoms with Gasteiger partial charge in [0.1, 0.15) is 5.41 Å². The smallest absolute Gasteiger partial charge is 0.319 e. The lowest BCUT2D eigenvalue weighted by Gasteiger charge is -2.35. The number of hydrogen-bond acceptors (Lipinski definition) is 3. The first kappa shape index (κ1) is 22.6. The van der Waals surface area contributed by atoms with E-state index >= 15 is 0 Å². The summed E-state index contributed by atoms with van der Waals surface area (Å²) >= 11 is 0. The minimum absolute atomic E-state index is 0.0331. The Morgan fingerprint density at radius 1 is 1.21 bits per heavy atom. The van der Waals surface area contributed by atoms with Crippen LogP contribution in [0.3, 0.4) is 0 Å². The first-order valence-corrected chi connectivity index (χ1v) is 11.2. The number of rotatable bonds is 6. The highest BCUT2D eigenvalue weighted by Gasteiger charge is 2.63. The molecule has 4 amide bonds. The van der Waals surface area contributed by atoms with Crippen molar-refractivity contribution in [1.82, 2.24) is 10.2 Å². The monoisotopic (exact) mass is 446 g/mol. The van der Waals surface area contributed by atoms with Gasteiger partial charge in [-0.15, -0.1) is 6.58 Å². The minimum Gasteiger partial charge on any atom is -0.334 e. The van der Waals surface area contributed by atoms with Crippen molar-refractivity contribution in [2.45, 2.75) is 31.7 Å². The van der Waals surface area contributed by atoms with E-state index in [1.54, 1.807) is 24.1 Å². The molecule has 1 spiro atoms. The van der Waals surface area contributed by atoms with Gasteiger partial charge in [0, 0.05) is 37.9 Å². The SMILES string of the molecule is C=CCNC(=O)Nc1ccc2c(c1)[C@@]1(CC(=O)N(CC(C)C)C1c1ccccc1)C(=O)N2C. The fourth-order valence-corrected chi connectivity index (χ4v) is 5.11. The van der Waals surface area contributed by atoms with Gasteiger partial charge in [0.05, 0.1) is 6.04 Å². The first-order valence-electron chi connectivity index (χ1n) is 11.2. The average Bonchev–Trinajstić information content (AvgIpc) is 3.19. The molecule has 2 aromatic rings. The standard InChI is InChI=1S/C26H30N4O3/c1-5-13-27-25(33)28-19-11-12-21-20(14-19)26(24(32)29(21)4)15-22(31)30(16-17(2)3)23(26)18-9-7-6-8-10-18/h5-12,14,17,23H,1,13,15-16H2,2-4H3,(H2,27,28,33)/t23?,26-/m1/s1. The molecule has 4 rings (SSSR count). The lowest BCUT2D eigenvalue weighted by Crippen LogP contribution is -2.44. The van der Waals surface area contributed by atoms with Gasteiger partial charge in [-0.1, -0.05) is 50.3 Å². The zero-order chi connectivity index (χ0) is 23.8. The van der Waals surface area contributed by atoms with Gasteiger partial charge < -0.3 is 20.4 Å². The molecule has 0 bridgehead atoms. The summed E-state index contributed by atoms with van der Waals surface area (Å²) in [6, 6.07) is 14.4. The van der Waals surface area contributed by atoms with Gasteiger partial charge >= 0.3 is 6.03 Å². The van der Waals surface area contributed by atoms with Crippen LogP contribution in [0.1, 0.15) is 37.4 Å². The number of nitrogens with one attached hydrogen (secondary N) is 2. The zero-order valence-corrected chi connectivity index (χ0v) is 19.3. The Kier molecular flexibility index (Phi) is 5.97. The third kappa shape index (κ3) is 3.77. The van der Waals surface area contributed by atoms with Crippen LogP contribution in [0, 0.1) is 5.92 Å². The summed E-state index contributed by atoms with van der Waals surface area (Å²) in [5.74, 6) is 0.124. The number of hydrogen-bond donors (Lipinski definition) is 2. The Morgan fingerprint density at radius 3 is 2.61 bits per heavy atom. The molecular formula is C26H30N4O3. The molecule has 33 heavy (non-hydrogen) atoms. The zero-order valence-electron chi connectivity index (χ0n) is 19.3. The molecule has 0 aromatic heterocycles. The number of carbonyl (C=O) groups excluding carboxylic acids is 3. The molecule has 2 heterocycles. The van der Waals surface area contributed by atoms with E-state index in [0.717, 1.165) is 16.8 Å². The number of amides is 4. The van der Waals surface area contributed by atoms with Crippen molar-refractivity contribution >= 4 is 29.2 Å². The van der Waals surface area contributed by atoms with Crippen molar-refractivity contribution in [3.63, 3.8) is 0 Å². The Hall–Kier alpha value is -3.61. The van der Waals surface area contributed by atoms with Gasteiger partial charge in [-0.05, 0) is 35.2 Å². The highest BCUT2D eigenvalue weighted by atomic mass is 16.2. The second-order valence-electron chi connectivity index (χ2n) is 9.12. The van der Waals surface area contributed by atoms with Gasteiger partial charge in [-0.3, -0.25) is 9.59 Å². The molecule has 2 aliphatic rings. The van der Waals surface area contributed by atoms with Crippen LogP contribution in [0.25, 0.3) is 0 Å². The molecule has 2 atom stereocenters. The number of carbonyl (C=O) groups is 3. The van der Waals surface area contributed by atoms with Crippen molar-refractivity contribution in [3.05, 3.63) is 72.3 Å².